The Bertz CT molecular complexity index is 1290. The summed E-state index contributed by atoms with van der Waals surface area (Å²) >= 11 is 0. The molecule has 2 saturated heterocycles. The zero-order chi connectivity index (χ0) is 35.5. The van der Waals surface area contributed by atoms with E-state index in [0.717, 1.165) is 0 Å². The molecule has 0 bridgehead atoms. The molecule has 6 amide bonds. The Morgan fingerprint density at radius 1 is 0.771 bits per heavy atom. The first-order valence-electron chi connectivity index (χ1n) is 16.7. The summed E-state index contributed by atoms with van der Waals surface area (Å²) in [6.07, 6.45) is 1.07. The van der Waals surface area contributed by atoms with Gasteiger partial charge in [0.05, 0.1) is 14.2 Å². The van der Waals surface area contributed by atoms with E-state index in [0.29, 0.717) is 44.2 Å². The molecule has 14 nitrogen and oxygen atoms in total. The summed E-state index contributed by atoms with van der Waals surface area (Å²) in [6, 6.07) is 5.10. The number of benzene rings is 1. The van der Waals surface area contributed by atoms with E-state index >= 15 is 0 Å². The molecule has 2 heterocycles. The van der Waals surface area contributed by atoms with Crippen LogP contribution in [-0.2, 0) is 28.7 Å². The molecule has 6 atom stereocenters. The fourth-order valence-corrected chi connectivity index (χ4v) is 6.44. The molecule has 0 spiro atoms. The zero-order valence-electron chi connectivity index (χ0n) is 29.1. The zero-order valence-corrected chi connectivity index (χ0v) is 29.1. The number of alkyl carbamates (subject to hydrolysis) is 2. The average molecular weight is 673 g/mol. The SMILES string of the molecule is COC(=O)N[C@H](C(=O)N1CC(CC[C@@H](C)[C@H](NC(=O)OC)C(=O)N2CCC[C@H]2C(=O)NC(C)C)C[C@H]1C(=O)NC(C)C)c1ccccc1. The predicted octanol–water partition coefficient (Wildman–Crippen LogP) is 2.48. The van der Waals surface area contributed by atoms with Crippen LogP contribution in [0.15, 0.2) is 30.3 Å². The Morgan fingerprint density at radius 3 is 1.94 bits per heavy atom. The minimum Gasteiger partial charge on any atom is -0.453 e. The quantitative estimate of drug-likeness (QED) is 0.247. The minimum absolute atomic E-state index is 0.0820. The molecule has 0 radical (unpaired) electrons. The van der Waals surface area contributed by atoms with Gasteiger partial charge in [-0.1, -0.05) is 37.3 Å². The van der Waals surface area contributed by atoms with Crippen molar-refractivity contribution < 1.29 is 38.2 Å². The van der Waals surface area contributed by atoms with Gasteiger partial charge in [0, 0.05) is 25.2 Å². The van der Waals surface area contributed by atoms with Gasteiger partial charge in [-0.05, 0) is 77.2 Å². The van der Waals surface area contributed by atoms with Crippen LogP contribution in [-0.4, -0.2) is 103 Å². The van der Waals surface area contributed by atoms with Crippen molar-refractivity contribution in [1.82, 2.24) is 31.1 Å². The smallest absolute Gasteiger partial charge is 0.407 e. The summed E-state index contributed by atoms with van der Waals surface area (Å²) in [4.78, 5) is 81.9. The van der Waals surface area contributed by atoms with E-state index in [4.69, 9.17) is 9.47 Å². The molecule has 14 heteroatoms. The first kappa shape index (κ1) is 38.1. The number of likely N-dealkylation sites (tertiary alicyclic amines) is 2. The number of nitrogens with zero attached hydrogens (tertiary/aromatic N) is 2. The van der Waals surface area contributed by atoms with Crippen LogP contribution >= 0.6 is 0 Å². The van der Waals surface area contributed by atoms with Crippen LogP contribution in [0.5, 0.6) is 0 Å². The van der Waals surface area contributed by atoms with Crippen molar-refractivity contribution in [3.05, 3.63) is 35.9 Å². The fourth-order valence-electron chi connectivity index (χ4n) is 6.44. The Labute approximate surface area is 283 Å². The van der Waals surface area contributed by atoms with E-state index in [1.54, 1.807) is 30.3 Å². The minimum atomic E-state index is -1.07. The molecule has 2 fully saturated rings. The highest BCUT2D eigenvalue weighted by Crippen LogP contribution is 2.32. The summed E-state index contributed by atoms with van der Waals surface area (Å²) < 4.78 is 9.61. The molecule has 1 aromatic rings. The summed E-state index contributed by atoms with van der Waals surface area (Å²) in [5, 5.41) is 11.1. The van der Waals surface area contributed by atoms with E-state index in [-0.39, 0.29) is 48.2 Å². The third kappa shape index (κ3) is 10.1. The van der Waals surface area contributed by atoms with Gasteiger partial charge in [-0.25, -0.2) is 9.59 Å². The van der Waals surface area contributed by atoms with Crippen LogP contribution in [0.25, 0.3) is 0 Å². The molecule has 3 rings (SSSR count). The largest absolute Gasteiger partial charge is 0.453 e. The molecule has 48 heavy (non-hydrogen) atoms. The Kier molecular flexibility index (Phi) is 14.0. The topological polar surface area (TPSA) is 175 Å². The van der Waals surface area contributed by atoms with Gasteiger partial charge in [0.25, 0.3) is 5.91 Å². The molecule has 1 unspecified atom stereocenters. The van der Waals surface area contributed by atoms with E-state index in [2.05, 4.69) is 21.3 Å². The second-order valence-corrected chi connectivity index (χ2v) is 13.3. The maximum atomic E-state index is 14.1. The van der Waals surface area contributed by atoms with E-state index in [9.17, 15) is 28.8 Å². The van der Waals surface area contributed by atoms with Crippen molar-refractivity contribution in [3.63, 3.8) is 0 Å². The number of carbonyl (C=O) groups excluding carboxylic acids is 6. The number of amides is 6. The maximum absolute atomic E-state index is 14.1. The van der Waals surface area contributed by atoms with Gasteiger partial charge in [0.15, 0.2) is 0 Å². The second-order valence-electron chi connectivity index (χ2n) is 13.3. The number of hydrogen-bond donors (Lipinski definition) is 4. The monoisotopic (exact) mass is 672 g/mol. The van der Waals surface area contributed by atoms with Gasteiger partial charge >= 0.3 is 12.2 Å². The van der Waals surface area contributed by atoms with E-state index in [1.807, 2.05) is 34.6 Å². The van der Waals surface area contributed by atoms with Crippen molar-refractivity contribution in [2.75, 3.05) is 27.3 Å². The molecule has 0 saturated carbocycles. The molecule has 0 aliphatic carbocycles. The van der Waals surface area contributed by atoms with Crippen molar-refractivity contribution in [2.45, 2.75) is 103 Å². The van der Waals surface area contributed by atoms with Gasteiger partial charge in [-0.15, -0.1) is 0 Å². The van der Waals surface area contributed by atoms with Crippen molar-refractivity contribution >= 4 is 35.8 Å². The van der Waals surface area contributed by atoms with Gasteiger partial charge in [-0.3, -0.25) is 19.2 Å². The first-order chi connectivity index (χ1) is 22.8. The molecule has 1 aromatic carbocycles. The summed E-state index contributed by atoms with van der Waals surface area (Å²) in [7, 11) is 2.44. The summed E-state index contributed by atoms with van der Waals surface area (Å²) in [6.45, 7) is 9.89. The normalized spacial score (nSPS) is 20.9. The first-order valence-corrected chi connectivity index (χ1v) is 16.7. The average Bonchev–Trinajstić information content (AvgIpc) is 3.72. The Morgan fingerprint density at radius 2 is 1.35 bits per heavy atom. The summed E-state index contributed by atoms with van der Waals surface area (Å²) in [5.74, 6) is -1.79. The molecule has 2 aliphatic heterocycles. The number of nitrogens with one attached hydrogen (secondary N) is 4. The molecule has 0 aromatic heterocycles. The third-order valence-corrected chi connectivity index (χ3v) is 8.83. The van der Waals surface area contributed by atoms with Crippen molar-refractivity contribution in [2.24, 2.45) is 11.8 Å². The van der Waals surface area contributed by atoms with Crippen LogP contribution in [0.2, 0.25) is 0 Å². The number of carbonyl (C=O) groups is 6. The fraction of sp³-hybridized carbons (Fsp3) is 0.647. The number of rotatable bonds is 13. The number of ether oxygens (including phenoxy) is 2. The summed E-state index contributed by atoms with van der Waals surface area (Å²) in [5.41, 5.74) is 0.547. The van der Waals surface area contributed by atoms with Crippen LogP contribution in [0.4, 0.5) is 9.59 Å². The molecule has 266 valence electrons. The number of hydrogen-bond acceptors (Lipinski definition) is 8. The van der Waals surface area contributed by atoms with E-state index < -0.39 is 42.3 Å². The lowest BCUT2D eigenvalue weighted by molar-refractivity contribution is -0.141. The highest BCUT2D eigenvalue weighted by Gasteiger charge is 2.44. The van der Waals surface area contributed by atoms with Crippen LogP contribution in [0, 0.1) is 11.8 Å². The molecular formula is C34H52N6O8. The van der Waals surface area contributed by atoms with E-state index in [1.165, 1.54) is 24.0 Å². The highest BCUT2D eigenvalue weighted by atomic mass is 16.5. The highest BCUT2D eigenvalue weighted by molar-refractivity contribution is 5.93. The lowest BCUT2D eigenvalue weighted by Crippen LogP contribution is -2.56. The standard InChI is InChI=1S/C34H52N6O8/c1-20(2)35-29(41)25-14-11-17-39(25)31(43)27(37-33(45)47-6)22(5)15-16-23-18-26(30(42)36-21(3)4)40(19-23)32(44)28(38-34(46)48-7)24-12-9-8-10-13-24/h8-10,12-13,20-23,25-28H,11,14-19H2,1-7H3,(H,35,41)(H,36,42)(H,37,45)(H,38,46)/t22-,23?,25+,26+,27+,28+/m1/s1. The Hall–Kier alpha value is -4.36. The van der Waals surface area contributed by atoms with Gasteiger partial charge < -0.3 is 40.5 Å². The second kappa shape index (κ2) is 17.7. The maximum Gasteiger partial charge on any atom is 0.407 e. The van der Waals surface area contributed by atoms with Gasteiger partial charge in [-0.2, -0.15) is 0 Å². The van der Waals surface area contributed by atoms with Crippen LogP contribution in [0.1, 0.15) is 78.3 Å². The number of methoxy groups -OCH3 is 2. The lowest BCUT2D eigenvalue weighted by atomic mass is 9.89. The van der Waals surface area contributed by atoms with Crippen molar-refractivity contribution in [3.8, 4) is 0 Å². The van der Waals surface area contributed by atoms with Crippen LogP contribution < -0.4 is 21.3 Å². The predicted molar refractivity (Wildman–Crippen MR) is 177 cm³/mol. The Balaban J connectivity index is 1.80. The molecule has 4 N–H and O–H groups in total. The lowest BCUT2D eigenvalue weighted by Gasteiger charge is -2.32. The molecule has 2 aliphatic rings. The van der Waals surface area contributed by atoms with Crippen molar-refractivity contribution in [1.29, 1.82) is 0 Å². The third-order valence-electron chi connectivity index (χ3n) is 8.83. The van der Waals surface area contributed by atoms with Gasteiger partial charge in [0.2, 0.25) is 17.7 Å². The van der Waals surface area contributed by atoms with Gasteiger partial charge in [0.1, 0.15) is 24.2 Å². The molecular weight excluding hydrogens is 620 g/mol. The van der Waals surface area contributed by atoms with Crippen LogP contribution in [0.3, 0.4) is 0 Å².